The van der Waals surface area contributed by atoms with Crippen LogP contribution in [0.2, 0.25) is 0 Å². The Bertz CT molecular complexity index is 1210. The molecule has 0 atom stereocenters. The van der Waals surface area contributed by atoms with Crippen molar-refractivity contribution >= 4 is 73.0 Å². The fourth-order valence-corrected chi connectivity index (χ4v) is 9.05. The number of aryl methyl sites for hydroxylation is 2. The molecular formula is C28H32S3. The molecule has 0 saturated carbocycles. The van der Waals surface area contributed by atoms with Crippen LogP contribution in [-0.4, -0.2) is 0 Å². The molecule has 0 aliphatic heterocycles. The third-order valence-corrected chi connectivity index (χ3v) is 10.5. The van der Waals surface area contributed by atoms with Gasteiger partial charge in [-0.3, -0.25) is 0 Å². The second kappa shape index (κ2) is 9.60. The number of fused-ring (bicyclic) bond motifs is 7. The summed E-state index contributed by atoms with van der Waals surface area (Å²) in [6, 6.07) is 14.5. The molecule has 0 nitrogen and oxygen atoms in total. The molecule has 5 aromatic rings. The molecule has 0 aliphatic carbocycles. The zero-order valence-electron chi connectivity index (χ0n) is 18.8. The Morgan fingerprint density at radius 1 is 0.516 bits per heavy atom. The SMILES string of the molecule is CCCCCCc1ccc2c(c1)sc1c2sc2c3ccc(CCCCCC)cc3sc21. The highest BCUT2D eigenvalue weighted by atomic mass is 32.1. The van der Waals surface area contributed by atoms with Crippen LogP contribution >= 0.6 is 34.0 Å². The van der Waals surface area contributed by atoms with Crippen LogP contribution in [0.15, 0.2) is 36.4 Å². The Morgan fingerprint density at radius 2 is 1.00 bits per heavy atom. The van der Waals surface area contributed by atoms with Crippen LogP contribution in [0.1, 0.15) is 76.3 Å². The minimum absolute atomic E-state index is 1.22. The summed E-state index contributed by atoms with van der Waals surface area (Å²) in [6.45, 7) is 4.57. The maximum atomic E-state index is 2.46. The summed E-state index contributed by atoms with van der Waals surface area (Å²) in [7, 11) is 0. The molecule has 3 heterocycles. The van der Waals surface area contributed by atoms with Gasteiger partial charge in [-0.1, -0.05) is 76.6 Å². The molecule has 0 bridgehead atoms. The predicted molar refractivity (Wildman–Crippen MR) is 146 cm³/mol. The number of rotatable bonds is 10. The summed E-state index contributed by atoms with van der Waals surface area (Å²) in [4.78, 5) is 0. The van der Waals surface area contributed by atoms with Gasteiger partial charge in [-0.25, -0.2) is 0 Å². The first-order valence-corrected chi connectivity index (χ1v) is 14.5. The molecule has 0 aliphatic rings. The number of hydrogen-bond donors (Lipinski definition) is 0. The summed E-state index contributed by atoms with van der Waals surface area (Å²) in [5, 5.41) is 2.93. The smallest absolute Gasteiger partial charge is 0.0642 e. The van der Waals surface area contributed by atoms with E-state index < -0.39 is 0 Å². The molecule has 0 radical (unpaired) electrons. The highest BCUT2D eigenvalue weighted by molar-refractivity contribution is 7.43. The Hall–Kier alpha value is -1.42. The van der Waals surface area contributed by atoms with Crippen LogP contribution in [-0.2, 0) is 12.8 Å². The number of unbranched alkanes of at least 4 members (excludes halogenated alkanes) is 6. The summed E-state index contributed by atoms with van der Waals surface area (Å²) in [5.74, 6) is 0. The van der Waals surface area contributed by atoms with E-state index in [1.807, 2.05) is 34.0 Å². The van der Waals surface area contributed by atoms with Gasteiger partial charge in [-0.15, -0.1) is 34.0 Å². The van der Waals surface area contributed by atoms with Crippen LogP contribution < -0.4 is 0 Å². The Balaban J connectivity index is 1.45. The van der Waals surface area contributed by atoms with Gasteiger partial charge in [0, 0.05) is 20.2 Å². The first-order valence-electron chi connectivity index (χ1n) is 12.1. The molecule has 0 amide bonds. The average molecular weight is 465 g/mol. The molecule has 3 aromatic heterocycles. The summed E-state index contributed by atoms with van der Waals surface area (Å²) < 4.78 is 9.00. The van der Waals surface area contributed by atoms with Gasteiger partial charge in [0.05, 0.1) is 18.8 Å². The standard InChI is InChI=1S/C28H32S3/c1-3-5-7-9-11-19-13-15-21-23(17-19)29-27-25(21)31-26-22-16-14-20(12-10-8-6-4-2)18-24(22)30-28(26)27/h13-18H,3-12H2,1-2H3. The van der Waals surface area contributed by atoms with E-state index in [2.05, 4.69) is 50.2 Å². The number of benzene rings is 2. The van der Waals surface area contributed by atoms with E-state index in [1.54, 1.807) is 0 Å². The van der Waals surface area contributed by atoms with E-state index in [1.165, 1.54) is 114 Å². The number of thiophene rings is 3. The topological polar surface area (TPSA) is 0 Å². The van der Waals surface area contributed by atoms with Gasteiger partial charge >= 0.3 is 0 Å². The Morgan fingerprint density at radius 3 is 1.45 bits per heavy atom. The molecule has 3 heteroatoms. The first-order chi connectivity index (χ1) is 15.3. The minimum Gasteiger partial charge on any atom is -0.133 e. The highest BCUT2D eigenvalue weighted by Gasteiger charge is 2.17. The molecule has 0 unspecified atom stereocenters. The monoisotopic (exact) mass is 464 g/mol. The molecule has 162 valence electrons. The first kappa shape index (κ1) is 21.4. The minimum atomic E-state index is 1.22. The van der Waals surface area contributed by atoms with Gasteiger partial charge in [-0.2, -0.15) is 0 Å². The summed E-state index contributed by atoms with van der Waals surface area (Å²) in [5.41, 5.74) is 3.02. The molecule has 2 aromatic carbocycles. The fourth-order valence-electron chi connectivity index (χ4n) is 4.66. The van der Waals surface area contributed by atoms with Crippen molar-refractivity contribution in [1.29, 1.82) is 0 Å². The van der Waals surface area contributed by atoms with Crippen molar-refractivity contribution in [2.75, 3.05) is 0 Å². The fraction of sp³-hybridized carbons (Fsp3) is 0.429. The van der Waals surface area contributed by atoms with Gasteiger partial charge in [0.2, 0.25) is 0 Å². The Labute approximate surface area is 197 Å². The number of hydrogen-bond acceptors (Lipinski definition) is 3. The lowest BCUT2D eigenvalue weighted by Gasteiger charge is -2.02. The van der Waals surface area contributed by atoms with Crippen molar-refractivity contribution in [2.45, 2.75) is 78.1 Å². The third-order valence-electron chi connectivity index (χ3n) is 6.47. The lowest BCUT2D eigenvalue weighted by molar-refractivity contribution is 0.667. The summed E-state index contributed by atoms with van der Waals surface area (Å²) >= 11 is 6.05. The van der Waals surface area contributed by atoms with Gasteiger partial charge in [0.15, 0.2) is 0 Å². The van der Waals surface area contributed by atoms with Crippen LogP contribution in [0.25, 0.3) is 39.0 Å². The van der Waals surface area contributed by atoms with Gasteiger partial charge in [-0.05, 0) is 48.9 Å². The van der Waals surface area contributed by atoms with Crippen molar-refractivity contribution < 1.29 is 0 Å². The van der Waals surface area contributed by atoms with Gasteiger partial charge in [0.25, 0.3) is 0 Å². The molecule has 5 rings (SSSR count). The normalized spacial score (nSPS) is 12.2. The lowest BCUT2D eigenvalue weighted by Crippen LogP contribution is -1.85. The highest BCUT2D eigenvalue weighted by Crippen LogP contribution is 2.50. The molecule has 0 N–H and O–H groups in total. The van der Waals surface area contributed by atoms with E-state index in [0.29, 0.717) is 0 Å². The van der Waals surface area contributed by atoms with Crippen molar-refractivity contribution in [3.63, 3.8) is 0 Å². The van der Waals surface area contributed by atoms with Crippen molar-refractivity contribution in [2.24, 2.45) is 0 Å². The van der Waals surface area contributed by atoms with Crippen molar-refractivity contribution in [1.82, 2.24) is 0 Å². The maximum Gasteiger partial charge on any atom is 0.0642 e. The zero-order valence-corrected chi connectivity index (χ0v) is 21.2. The van der Waals surface area contributed by atoms with Crippen LogP contribution in [0.3, 0.4) is 0 Å². The van der Waals surface area contributed by atoms with E-state index >= 15 is 0 Å². The van der Waals surface area contributed by atoms with E-state index in [4.69, 9.17) is 0 Å². The van der Waals surface area contributed by atoms with Crippen LogP contribution in [0, 0.1) is 0 Å². The Kier molecular flexibility index (Phi) is 6.64. The predicted octanol–water partition coefficient (Wildman–Crippen LogP) is 10.7. The van der Waals surface area contributed by atoms with Crippen LogP contribution in [0.5, 0.6) is 0 Å². The van der Waals surface area contributed by atoms with Crippen molar-refractivity contribution in [3.05, 3.63) is 47.5 Å². The lowest BCUT2D eigenvalue weighted by atomic mass is 10.1. The quantitative estimate of drug-likeness (QED) is 0.180. The average Bonchev–Trinajstić information content (AvgIpc) is 3.42. The zero-order chi connectivity index (χ0) is 21.2. The second-order valence-corrected chi connectivity index (χ2v) is 12.0. The molecule has 0 saturated heterocycles. The van der Waals surface area contributed by atoms with E-state index in [0.717, 1.165) is 0 Å². The molecule has 0 fully saturated rings. The molecular weight excluding hydrogens is 433 g/mol. The second-order valence-electron chi connectivity index (χ2n) is 8.91. The molecule has 31 heavy (non-hydrogen) atoms. The summed E-state index contributed by atoms with van der Waals surface area (Å²) in [6.07, 6.45) is 13.1. The van der Waals surface area contributed by atoms with Crippen LogP contribution in [0.4, 0.5) is 0 Å². The maximum absolute atomic E-state index is 2.46. The van der Waals surface area contributed by atoms with E-state index in [9.17, 15) is 0 Å². The molecule has 0 spiro atoms. The van der Waals surface area contributed by atoms with Gasteiger partial charge in [0.1, 0.15) is 0 Å². The largest absolute Gasteiger partial charge is 0.133 e. The van der Waals surface area contributed by atoms with Gasteiger partial charge < -0.3 is 0 Å². The van der Waals surface area contributed by atoms with Crippen molar-refractivity contribution in [3.8, 4) is 0 Å². The third kappa shape index (κ3) is 4.29. The van der Waals surface area contributed by atoms with E-state index in [-0.39, 0.29) is 0 Å².